The first-order valence-electron chi connectivity index (χ1n) is 4.83. The average molecular weight is 274 g/mol. The molecule has 0 fully saturated rings. The number of hydrogen-bond donors (Lipinski definition) is 1. The van der Waals surface area contributed by atoms with Gasteiger partial charge < -0.3 is 5.73 Å². The Balaban J connectivity index is 2.78. The van der Waals surface area contributed by atoms with Crippen LogP contribution in [0.3, 0.4) is 0 Å². The number of nitrogens with two attached hydrogens (primary N) is 1. The van der Waals surface area contributed by atoms with Crippen molar-refractivity contribution in [3.05, 3.63) is 28.2 Å². The Morgan fingerprint density at radius 1 is 1.50 bits per heavy atom. The highest BCUT2D eigenvalue weighted by Crippen LogP contribution is 2.28. The van der Waals surface area contributed by atoms with Crippen molar-refractivity contribution < 1.29 is 0 Å². The van der Waals surface area contributed by atoms with Crippen LogP contribution < -0.4 is 5.73 Å². The van der Waals surface area contributed by atoms with E-state index in [0.29, 0.717) is 0 Å². The molecule has 1 aromatic carbocycles. The van der Waals surface area contributed by atoms with Crippen LogP contribution in [-0.2, 0) is 0 Å². The Hall–Kier alpha value is 0.01000. The van der Waals surface area contributed by atoms with Gasteiger partial charge in [0.15, 0.2) is 0 Å². The highest BCUT2D eigenvalue weighted by atomic mass is 79.9. The molecule has 0 bridgehead atoms. The van der Waals surface area contributed by atoms with Gasteiger partial charge in [-0.2, -0.15) is 0 Å². The van der Waals surface area contributed by atoms with Crippen LogP contribution >= 0.6 is 27.7 Å². The molecule has 0 saturated heterocycles. The molecule has 0 spiro atoms. The molecule has 1 nitrogen and oxygen atoms in total. The molecule has 0 heterocycles. The maximum Gasteiger partial charge on any atom is 0.0277 e. The highest BCUT2D eigenvalue weighted by Gasteiger charge is 2.05. The van der Waals surface area contributed by atoms with E-state index in [1.165, 1.54) is 22.6 Å². The van der Waals surface area contributed by atoms with E-state index < -0.39 is 0 Å². The van der Waals surface area contributed by atoms with Gasteiger partial charge >= 0.3 is 0 Å². The van der Waals surface area contributed by atoms with Gasteiger partial charge in [0.05, 0.1) is 0 Å². The summed E-state index contributed by atoms with van der Waals surface area (Å²) in [5.41, 5.74) is 7.00. The van der Waals surface area contributed by atoms with Crippen LogP contribution in [0.1, 0.15) is 31.9 Å². The van der Waals surface area contributed by atoms with Gasteiger partial charge in [-0.3, -0.25) is 0 Å². The Kier molecular flexibility index (Phi) is 4.99. The first-order chi connectivity index (χ1) is 6.65. The second kappa shape index (κ2) is 5.79. The van der Waals surface area contributed by atoms with E-state index in [0.717, 1.165) is 4.47 Å². The van der Waals surface area contributed by atoms with Crippen LogP contribution in [0.25, 0.3) is 0 Å². The highest BCUT2D eigenvalue weighted by molar-refractivity contribution is 9.10. The van der Waals surface area contributed by atoms with E-state index in [-0.39, 0.29) is 6.04 Å². The molecule has 2 N–H and O–H groups in total. The zero-order valence-electron chi connectivity index (χ0n) is 8.59. The largest absolute Gasteiger partial charge is 0.324 e. The second-order valence-electron chi connectivity index (χ2n) is 3.32. The zero-order valence-corrected chi connectivity index (χ0v) is 11.0. The second-order valence-corrected chi connectivity index (χ2v) is 5.34. The van der Waals surface area contributed by atoms with Crippen molar-refractivity contribution >= 4 is 27.7 Å². The fourth-order valence-corrected chi connectivity index (χ4v) is 2.88. The van der Waals surface area contributed by atoms with E-state index in [4.69, 9.17) is 5.73 Å². The minimum atomic E-state index is 0.0922. The molecule has 0 aromatic heterocycles. The quantitative estimate of drug-likeness (QED) is 0.841. The standard InChI is InChI=1S/C11H16BrNS/c1-3-6-14-9-4-5-10(8(2)13)11(12)7-9/h4-5,7-8H,3,6,13H2,1-2H3. The lowest BCUT2D eigenvalue weighted by molar-refractivity contribution is 0.811. The van der Waals surface area contributed by atoms with Crippen LogP contribution in [0.15, 0.2) is 27.6 Å². The molecule has 0 aliphatic heterocycles. The Morgan fingerprint density at radius 3 is 2.71 bits per heavy atom. The van der Waals surface area contributed by atoms with Gasteiger partial charge in [-0.05, 0) is 36.8 Å². The van der Waals surface area contributed by atoms with E-state index in [9.17, 15) is 0 Å². The van der Waals surface area contributed by atoms with Gasteiger partial charge in [-0.1, -0.05) is 28.9 Å². The van der Waals surface area contributed by atoms with Crippen molar-refractivity contribution in [2.24, 2.45) is 5.73 Å². The number of thioether (sulfide) groups is 1. The van der Waals surface area contributed by atoms with Crippen LogP contribution in [0.5, 0.6) is 0 Å². The third-order valence-electron chi connectivity index (χ3n) is 1.94. The Bertz CT molecular complexity index is 299. The molecule has 14 heavy (non-hydrogen) atoms. The summed E-state index contributed by atoms with van der Waals surface area (Å²) in [5.74, 6) is 1.17. The Labute approximate surface area is 98.6 Å². The third-order valence-corrected chi connectivity index (χ3v) is 3.82. The molecule has 1 aromatic rings. The predicted octanol–water partition coefficient (Wildman–Crippen LogP) is 3.97. The summed E-state index contributed by atoms with van der Waals surface area (Å²) in [6.45, 7) is 4.19. The topological polar surface area (TPSA) is 26.0 Å². The van der Waals surface area contributed by atoms with Gasteiger partial charge in [0, 0.05) is 15.4 Å². The van der Waals surface area contributed by atoms with Crippen molar-refractivity contribution in [1.29, 1.82) is 0 Å². The molecule has 0 aliphatic carbocycles. The summed E-state index contributed by atoms with van der Waals surface area (Å²) in [4.78, 5) is 1.31. The first-order valence-corrected chi connectivity index (χ1v) is 6.60. The third kappa shape index (κ3) is 3.30. The van der Waals surface area contributed by atoms with Crippen molar-refractivity contribution in [3.63, 3.8) is 0 Å². The minimum Gasteiger partial charge on any atom is -0.324 e. The summed E-state index contributed by atoms with van der Waals surface area (Å²) < 4.78 is 1.12. The van der Waals surface area contributed by atoms with Crippen molar-refractivity contribution in [2.75, 3.05) is 5.75 Å². The summed E-state index contributed by atoms with van der Waals surface area (Å²) in [6.07, 6.45) is 1.21. The van der Waals surface area contributed by atoms with Crippen LogP contribution in [-0.4, -0.2) is 5.75 Å². The minimum absolute atomic E-state index is 0.0922. The van der Waals surface area contributed by atoms with Crippen molar-refractivity contribution in [2.45, 2.75) is 31.2 Å². The molecule has 0 saturated carbocycles. The lowest BCUT2D eigenvalue weighted by atomic mass is 10.1. The summed E-state index contributed by atoms with van der Waals surface area (Å²) >= 11 is 5.43. The number of rotatable bonds is 4. The van der Waals surface area contributed by atoms with E-state index in [1.54, 1.807) is 0 Å². The summed E-state index contributed by atoms with van der Waals surface area (Å²) in [5, 5.41) is 0. The van der Waals surface area contributed by atoms with Crippen molar-refractivity contribution in [1.82, 2.24) is 0 Å². The molecule has 1 unspecified atom stereocenters. The summed E-state index contributed by atoms with van der Waals surface area (Å²) in [7, 11) is 0. The molecule has 0 aliphatic rings. The van der Waals surface area contributed by atoms with Gasteiger partial charge in [0.1, 0.15) is 0 Å². The molecule has 1 atom stereocenters. The van der Waals surface area contributed by atoms with Gasteiger partial charge in [0.2, 0.25) is 0 Å². The van der Waals surface area contributed by atoms with Gasteiger partial charge in [-0.15, -0.1) is 11.8 Å². The molecule has 0 amide bonds. The fraction of sp³-hybridized carbons (Fsp3) is 0.455. The van der Waals surface area contributed by atoms with E-state index >= 15 is 0 Å². The van der Waals surface area contributed by atoms with E-state index in [2.05, 4.69) is 41.1 Å². The normalized spacial score (nSPS) is 12.9. The van der Waals surface area contributed by atoms with Crippen molar-refractivity contribution in [3.8, 4) is 0 Å². The molecule has 3 heteroatoms. The number of halogens is 1. The van der Waals surface area contributed by atoms with Crippen LogP contribution in [0.2, 0.25) is 0 Å². The van der Waals surface area contributed by atoms with Crippen LogP contribution in [0, 0.1) is 0 Å². The molecule has 0 radical (unpaired) electrons. The monoisotopic (exact) mass is 273 g/mol. The molecular weight excluding hydrogens is 258 g/mol. The van der Waals surface area contributed by atoms with Crippen LogP contribution in [0.4, 0.5) is 0 Å². The fourth-order valence-electron chi connectivity index (χ4n) is 1.19. The predicted molar refractivity (Wildman–Crippen MR) is 67.8 cm³/mol. The molecule has 1 rings (SSSR count). The lowest BCUT2D eigenvalue weighted by Gasteiger charge is -2.09. The number of benzene rings is 1. The van der Waals surface area contributed by atoms with E-state index in [1.807, 2.05) is 18.7 Å². The zero-order chi connectivity index (χ0) is 10.6. The number of hydrogen-bond acceptors (Lipinski definition) is 2. The van der Waals surface area contributed by atoms with Gasteiger partial charge in [-0.25, -0.2) is 0 Å². The summed E-state index contributed by atoms with van der Waals surface area (Å²) in [6, 6.07) is 6.49. The van der Waals surface area contributed by atoms with Gasteiger partial charge in [0.25, 0.3) is 0 Å². The average Bonchev–Trinajstić information content (AvgIpc) is 2.14. The smallest absolute Gasteiger partial charge is 0.0277 e. The molecular formula is C11H16BrNS. The lowest BCUT2D eigenvalue weighted by Crippen LogP contribution is -2.05. The maximum absolute atomic E-state index is 5.83. The SMILES string of the molecule is CCCSc1ccc(C(C)N)c(Br)c1. The Morgan fingerprint density at radius 2 is 2.21 bits per heavy atom. The molecule has 78 valence electrons. The first kappa shape index (κ1) is 12.1. The maximum atomic E-state index is 5.83.